The van der Waals surface area contributed by atoms with E-state index in [0.717, 1.165) is 15.0 Å². The summed E-state index contributed by atoms with van der Waals surface area (Å²) in [6.07, 6.45) is 1.03. The van der Waals surface area contributed by atoms with Gasteiger partial charge in [-0.15, -0.1) is 0 Å². The third kappa shape index (κ3) is 6.20. The average Bonchev–Trinajstić information content (AvgIpc) is 2.70. The van der Waals surface area contributed by atoms with Crippen LogP contribution >= 0.6 is 27.5 Å². The Morgan fingerprint density at radius 3 is 2.27 bits per heavy atom. The minimum Gasteiger partial charge on any atom is -0.357 e. The Hall–Kier alpha value is -2.10. The lowest BCUT2D eigenvalue weighted by atomic mass is 10.1. The van der Waals surface area contributed by atoms with E-state index < -0.39 is 28.5 Å². The van der Waals surface area contributed by atoms with Gasteiger partial charge in [0, 0.05) is 23.1 Å². The molecular weight excluding hydrogens is 494 g/mol. The summed E-state index contributed by atoms with van der Waals surface area (Å²) in [5.41, 5.74) is 0.997. The molecule has 2 aromatic carbocycles. The summed E-state index contributed by atoms with van der Waals surface area (Å²) in [6, 6.07) is 12.7. The molecular formula is C20H23BrClN3O4S. The molecule has 0 aliphatic carbocycles. The predicted octanol–water partition coefficient (Wildman–Crippen LogP) is 3.03. The molecule has 0 aliphatic rings. The summed E-state index contributed by atoms with van der Waals surface area (Å²) in [4.78, 5) is 26.8. The van der Waals surface area contributed by atoms with E-state index in [4.69, 9.17) is 11.6 Å². The van der Waals surface area contributed by atoms with Crippen molar-refractivity contribution >= 4 is 55.1 Å². The van der Waals surface area contributed by atoms with Crippen LogP contribution in [0, 0.1) is 0 Å². The van der Waals surface area contributed by atoms with Crippen molar-refractivity contribution in [2.45, 2.75) is 19.5 Å². The van der Waals surface area contributed by atoms with Crippen molar-refractivity contribution in [3.05, 3.63) is 63.6 Å². The molecule has 0 unspecified atom stereocenters. The second kappa shape index (κ2) is 10.3. The van der Waals surface area contributed by atoms with Crippen LogP contribution in [-0.2, 0) is 26.2 Å². The van der Waals surface area contributed by atoms with Crippen molar-refractivity contribution < 1.29 is 18.0 Å². The molecule has 1 atom stereocenters. The van der Waals surface area contributed by atoms with E-state index in [1.165, 1.54) is 11.9 Å². The predicted molar refractivity (Wildman–Crippen MR) is 122 cm³/mol. The molecule has 2 amide bonds. The summed E-state index contributed by atoms with van der Waals surface area (Å²) in [6.45, 7) is 1.19. The van der Waals surface area contributed by atoms with E-state index >= 15 is 0 Å². The van der Waals surface area contributed by atoms with Gasteiger partial charge in [0.2, 0.25) is 21.8 Å². The van der Waals surface area contributed by atoms with Crippen LogP contribution in [0.15, 0.2) is 53.0 Å². The first-order chi connectivity index (χ1) is 14.0. The number of likely N-dealkylation sites (N-methyl/N-ethyl adjacent to an activating group) is 1. The van der Waals surface area contributed by atoms with Crippen molar-refractivity contribution in [2.24, 2.45) is 0 Å². The number of sulfonamides is 1. The lowest BCUT2D eigenvalue weighted by molar-refractivity contribution is -0.139. The molecule has 0 aliphatic heterocycles. The van der Waals surface area contributed by atoms with E-state index in [1.807, 2.05) is 0 Å². The van der Waals surface area contributed by atoms with Crippen LogP contribution in [0.4, 0.5) is 5.69 Å². The fraction of sp³-hybridized carbons (Fsp3) is 0.300. The highest BCUT2D eigenvalue weighted by molar-refractivity contribution is 9.10. The zero-order valence-corrected chi connectivity index (χ0v) is 20.0. The van der Waals surface area contributed by atoms with Gasteiger partial charge in [-0.2, -0.15) is 0 Å². The van der Waals surface area contributed by atoms with Gasteiger partial charge in [-0.05, 0) is 42.8 Å². The van der Waals surface area contributed by atoms with E-state index in [0.29, 0.717) is 16.3 Å². The highest BCUT2D eigenvalue weighted by atomic mass is 79.9. The molecule has 0 fully saturated rings. The molecule has 2 rings (SSSR count). The minimum atomic E-state index is -3.75. The first-order valence-corrected chi connectivity index (χ1v) is 12.0. The Balaban J connectivity index is 2.38. The highest BCUT2D eigenvalue weighted by Crippen LogP contribution is 2.23. The Labute approximate surface area is 190 Å². The number of carbonyl (C=O) groups excluding carboxylic acids is 2. The van der Waals surface area contributed by atoms with Crippen LogP contribution in [0.25, 0.3) is 0 Å². The number of nitrogens with zero attached hydrogens (tertiary/aromatic N) is 2. The van der Waals surface area contributed by atoms with E-state index in [-0.39, 0.29) is 12.5 Å². The summed E-state index contributed by atoms with van der Waals surface area (Å²) < 4.78 is 26.6. The quantitative estimate of drug-likeness (QED) is 0.584. The molecule has 0 radical (unpaired) electrons. The first-order valence-electron chi connectivity index (χ1n) is 9.02. The van der Waals surface area contributed by atoms with Crippen molar-refractivity contribution in [2.75, 3.05) is 24.2 Å². The molecule has 1 N–H and O–H groups in total. The Morgan fingerprint density at radius 1 is 1.13 bits per heavy atom. The van der Waals surface area contributed by atoms with E-state index in [1.54, 1.807) is 55.5 Å². The fourth-order valence-electron chi connectivity index (χ4n) is 2.82. The maximum absolute atomic E-state index is 13.2. The molecule has 0 spiro atoms. The largest absolute Gasteiger partial charge is 0.357 e. The van der Waals surface area contributed by atoms with Crippen LogP contribution in [0.2, 0.25) is 5.02 Å². The number of carbonyl (C=O) groups is 2. The van der Waals surface area contributed by atoms with Gasteiger partial charge in [-0.3, -0.25) is 13.9 Å². The molecule has 7 nitrogen and oxygen atoms in total. The van der Waals surface area contributed by atoms with Gasteiger partial charge in [0.15, 0.2) is 0 Å². The minimum absolute atomic E-state index is 0.0605. The van der Waals surface area contributed by atoms with Crippen LogP contribution < -0.4 is 9.62 Å². The standard InChI is InChI=1S/C20H23BrClN3O4S/c1-14(20(27)23-2)24(12-15-6-4-5-7-18(15)22)19(26)13-25(30(3,28)29)17-10-8-16(21)9-11-17/h4-11,14H,12-13H2,1-3H3,(H,23,27)/t14-/m1/s1. The normalized spacial score (nSPS) is 12.2. The van der Waals surface area contributed by atoms with Crippen molar-refractivity contribution in [1.29, 1.82) is 0 Å². The van der Waals surface area contributed by atoms with Crippen LogP contribution in [0.3, 0.4) is 0 Å². The van der Waals surface area contributed by atoms with Gasteiger partial charge in [-0.1, -0.05) is 45.7 Å². The van der Waals surface area contributed by atoms with Gasteiger partial charge in [0.25, 0.3) is 0 Å². The number of amides is 2. The van der Waals surface area contributed by atoms with Gasteiger partial charge in [-0.25, -0.2) is 8.42 Å². The lowest BCUT2D eigenvalue weighted by Gasteiger charge is -2.31. The number of hydrogen-bond donors (Lipinski definition) is 1. The van der Waals surface area contributed by atoms with Crippen molar-refractivity contribution in [3.8, 4) is 0 Å². The highest BCUT2D eigenvalue weighted by Gasteiger charge is 2.30. The molecule has 0 saturated heterocycles. The number of halogens is 2. The zero-order chi connectivity index (χ0) is 22.5. The van der Waals surface area contributed by atoms with Gasteiger partial charge in [0.1, 0.15) is 12.6 Å². The zero-order valence-electron chi connectivity index (χ0n) is 16.8. The molecule has 0 heterocycles. The van der Waals surface area contributed by atoms with Crippen LogP contribution in [0.1, 0.15) is 12.5 Å². The van der Waals surface area contributed by atoms with Crippen LogP contribution in [-0.4, -0.2) is 51.0 Å². The SMILES string of the molecule is CNC(=O)[C@@H](C)N(Cc1ccccc1Cl)C(=O)CN(c1ccc(Br)cc1)S(C)(=O)=O. The van der Waals surface area contributed by atoms with Crippen LogP contribution in [0.5, 0.6) is 0 Å². The Kier molecular flexibility index (Phi) is 8.28. The second-order valence-electron chi connectivity index (χ2n) is 6.65. The number of rotatable bonds is 8. The molecule has 0 saturated carbocycles. The lowest BCUT2D eigenvalue weighted by Crippen LogP contribution is -2.50. The summed E-state index contributed by atoms with van der Waals surface area (Å²) in [5.74, 6) is -0.899. The van der Waals surface area contributed by atoms with E-state index in [9.17, 15) is 18.0 Å². The molecule has 0 bridgehead atoms. The maximum atomic E-state index is 13.2. The first kappa shape index (κ1) is 24.2. The third-order valence-electron chi connectivity index (χ3n) is 4.51. The van der Waals surface area contributed by atoms with Gasteiger partial charge < -0.3 is 10.2 Å². The Morgan fingerprint density at radius 2 is 1.73 bits per heavy atom. The van der Waals surface area contributed by atoms with Crippen molar-refractivity contribution in [1.82, 2.24) is 10.2 Å². The molecule has 2 aromatic rings. The molecule has 30 heavy (non-hydrogen) atoms. The topological polar surface area (TPSA) is 86.8 Å². The number of nitrogens with one attached hydrogen (secondary N) is 1. The number of hydrogen-bond acceptors (Lipinski definition) is 4. The molecule has 162 valence electrons. The monoisotopic (exact) mass is 515 g/mol. The van der Waals surface area contributed by atoms with Gasteiger partial charge >= 0.3 is 0 Å². The van der Waals surface area contributed by atoms with Crippen molar-refractivity contribution in [3.63, 3.8) is 0 Å². The number of anilines is 1. The third-order valence-corrected chi connectivity index (χ3v) is 6.54. The fourth-order valence-corrected chi connectivity index (χ4v) is 4.13. The maximum Gasteiger partial charge on any atom is 0.244 e. The average molecular weight is 517 g/mol. The summed E-state index contributed by atoms with van der Waals surface area (Å²) in [7, 11) is -2.27. The Bertz CT molecular complexity index is 1010. The summed E-state index contributed by atoms with van der Waals surface area (Å²) in [5, 5.41) is 2.97. The molecule has 10 heteroatoms. The van der Waals surface area contributed by atoms with Gasteiger partial charge in [0.05, 0.1) is 11.9 Å². The molecule has 0 aromatic heterocycles. The van der Waals surface area contributed by atoms with E-state index in [2.05, 4.69) is 21.2 Å². The summed E-state index contributed by atoms with van der Waals surface area (Å²) >= 11 is 9.54. The smallest absolute Gasteiger partial charge is 0.244 e. The number of benzene rings is 2. The second-order valence-corrected chi connectivity index (χ2v) is 9.88.